The van der Waals surface area contributed by atoms with Gasteiger partial charge in [0.15, 0.2) is 0 Å². The molecule has 0 aliphatic carbocycles. The van der Waals surface area contributed by atoms with Gasteiger partial charge in [0.25, 0.3) is 5.89 Å². The number of rotatable bonds is 4. The molecule has 0 fully saturated rings. The summed E-state index contributed by atoms with van der Waals surface area (Å²) in [6.07, 6.45) is 1.74. The summed E-state index contributed by atoms with van der Waals surface area (Å²) in [6, 6.07) is 7.98. The maximum Gasteiger partial charge on any atom is 0.260 e. The Morgan fingerprint density at radius 3 is 3.11 bits per heavy atom. The minimum atomic E-state index is -0.162. The first-order valence-electron chi connectivity index (χ1n) is 6.31. The number of hydrogen-bond acceptors (Lipinski definition) is 4. The molecule has 1 atom stereocenters. The Hall–Kier alpha value is -2.14. The zero-order chi connectivity index (χ0) is 13.2. The minimum Gasteiger partial charge on any atom is -0.371 e. The summed E-state index contributed by atoms with van der Waals surface area (Å²) in [5, 5.41) is 5.10. The number of ether oxygens (including phenoxy) is 1. The summed E-state index contributed by atoms with van der Waals surface area (Å²) in [6.45, 7) is 4.47. The van der Waals surface area contributed by atoms with E-state index in [9.17, 15) is 0 Å². The van der Waals surface area contributed by atoms with Crippen LogP contribution in [-0.2, 0) is 4.74 Å². The molecule has 0 unspecified atom stereocenters. The van der Waals surface area contributed by atoms with Crippen LogP contribution in [0.5, 0.6) is 0 Å². The molecule has 5 nitrogen and oxygen atoms in total. The van der Waals surface area contributed by atoms with Crippen LogP contribution in [-0.4, -0.2) is 21.7 Å². The van der Waals surface area contributed by atoms with Crippen molar-refractivity contribution >= 4 is 10.9 Å². The highest BCUT2D eigenvalue weighted by Crippen LogP contribution is 2.27. The Kier molecular flexibility index (Phi) is 3.05. The van der Waals surface area contributed by atoms with E-state index < -0.39 is 0 Å². The van der Waals surface area contributed by atoms with Gasteiger partial charge in [0.2, 0.25) is 5.82 Å². The van der Waals surface area contributed by atoms with E-state index in [4.69, 9.17) is 9.26 Å². The Bertz CT molecular complexity index is 687. The zero-order valence-electron chi connectivity index (χ0n) is 10.9. The van der Waals surface area contributed by atoms with Crippen molar-refractivity contribution in [3.63, 3.8) is 0 Å². The standard InChI is InChI=1S/C14H15N3O2/c1-3-18-9(2)13-16-14(19-17-13)11-6-4-5-10-7-8-15-12(10)11/h4-9,15H,3H2,1-2H3/t9-/m1/s1. The predicted molar refractivity (Wildman–Crippen MR) is 71.6 cm³/mol. The molecule has 0 amide bonds. The van der Waals surface area contributed by atoms with Gasteiger partial charge in [0.1, 0.15) is 6.10 Å². The summed E-state index contributed by atoms with van der Waals surface area (Å²) in [4.78, 5) is 7.60. The van der Waals surface area contributed by atoms with Crippen molar-refractivity contribution in [1.82, 2.24) is 15.1 Å². The van der Waals surface area contributed by atoms with E-state index in [1.165, 1.54) is 0 Å². The molecule has 19 heavy (non-hydrogen) atoms. The number of hydrogen-bond donors (Lipinski definition) is 1. The number of aromatic amines is 1. The highest BCUT2D eigenvalue weighted by atomic mass is 16.5. The third-order valence-electron chi connectivity index (χ3n) is 3.04. The monoisotopic (exact) mass is 257 g/mol. The van der Waals surface area contributed by atoms with E-state index in [0.29, 0.717) is 18.3 Å². The van der Waals surface area contributed by atoms with Crippen LogP contribution in [0.15, 0.2) is 35.0 Å². The third-order valence-corrected chi connectivity index (χ3v) is 3.04. The SMILES string of the molecule is CCO[C@H](C)c1noc(-c2cccc3cc[nH]c23)n1. The van der Waals surface area contributed by atoms with E-state index in [-0.39, 0.29) is 6.10 Å². The molecule has 2 aromatic heterocycles. The van der Waals surface area contributed by atoms with Crippen molar-refractivity contribution in [1.29, 1.82) is 0 Å². The van der Waals surface area contributed by atoms with Gasteiger partial charge in [-0.3, -0.25) is 0 Å². The van der Waals surface area contributed by atoms with Crippen molar-refractivity contribution in [2.75, 3.05) is 6.61 Å². The van der Waals surface area contributed by atoms with Crippen molar-refractivity contribution in [2.24, 2.45) is 0 Å². The number of fused-ring (bicyclic) bond motifs is 1. The van der Waals surface area contributed by atoms with Crippen LogP contribution in [0.4, 0.5) is 0 Å². The molecule has 5 heteroatoms. The van der Waals surface area contributed by atoms with Gasteiger partial charge in [-0.2, -0.15) is 4.98 Å². The molecule has 0 saturated carbocycles. The maximum absolute atomic E-state index is 5.46. The van der Waals surface area contributed by atoms with Crippen LogP contribution in [0.2, 0.25) is 0 Å². The highest BCUT2D eigenvalue weighted by Gasteiger charge is 2.16. The second-order valence-corrected chi connectivity index (χ2v) is 4.30. The first-order valence-corrected chi connectivity index (χ1v) is 6.31. The van der Waals surface area contributed by atoms with Gasteiger partial charge in [-0.05, 0) is 26.0 Å². The van der Waals surface area contributed by atoms with Gasteiger partial charge in [-0.25, -0.2) is 0 Å². The molecule has 0 aliphatic rings. The third kappa shape index (κ3) is 2.13. The smallest absolute Gasteiger partial charge is 0.260 e. The molecule has 3 aromatic rings. The minimum absolute atomic E-state index is 0.162. The van der Waals surface area contributed by atoms with Crippen molar-refractivity contribution in [3.8, 4) is 11.5 Å². The van der Waals surface area contributed by atoms with E-state index in [2.05, 4.69) is 15.1 Å². The van der Waals surface area contributed by atoms with Crippen LogP contribution >= 0.6 is 0 Å². The molecule has 0 spiro atoms. The lowest BCUT2D eigenvalue weighted by atomic mass is 10.1. The molecule has 3 rings (SSSR count). The Labute approximate surface area is 110 Å². The van der Waals surface area contributed by atoms with Crippen molar-refractivity contribution in [2.45, 2.75) is 20.0 Å². The van der Waals surface area contributed by atoms with Gasteiger partial charge in [0.05, 0.1) is 11.1 Å². The highest BCUT2D eigenvalue weighted by molar-refractivity contribution is 5.91. The molecule has 0 bridgehead atoms. The molecule has 1 N–H and O–H groups in total. The van der Waals surface area contributed by atoms with Gasteiger partial charge >= 0.3 is 0 Å². The number of benzene rings is 1. The number of para-hydroxylation sites is 1. The lowest BCUT2D eigenvalue weighted by molar-refractivity contribution is 0.0683. The Morgan fingerprint density at radius 1 is 1.37 bits per heavy atom. The molecule has 98 valence electrons. The van der Waals surface area contributed by atoms with Gasteiger partial charge in [-0.15, -0.1) is 0 Å². The number of nitrogens with one attached hydrogen (secondary N) is 1. The molecular weight excluding hydrogens is 242 g/mol. The topological polar surface area (TPSA) is 63.9 Å². The molecule has 0 aliphatic heterocycles. The summed E-state index contributed by atoms with van der Waals surface area (Å²) in [5.74, 6) is 1.08. The number of nitrogens with zero attached hydrogens (tertiary/aromatic N) is 2. The summed E-state index contributed by atoms with van der Waals surface area (Å²) >= 11 is 0. The first-order chi connectivity index (χ1) is 9.29. The second-order valence-electron chi connectivity index (χ2n) is 4.30. The van der Waals surface area contributed by atoms with E-state index in [1.807, 2.05) is 44.3 Å². The summed E-state index contributed by atoms with van der Waals surface area (Å²) in [5.41, 5.74) is 1.91. The van der Waals surface area contributed by atoms with E-state index >= 15 is 0 Å². The van der Waals surface area contributed by atoms with Crippen molar-refractivity contribution < 1.29 is 9.26 Å². The van der Waals surface area contributed by atoms with Crippen LogP contribution < -0.4 is 0 Å². The molecule has 0 radical (unpaired) electrons. The fourth-order valence-corrected chi connectivity index (χ4v) is 2.10. The number of H-pyrrole nitrogens is 1. The lowest BCUT2D eigenvalue weighted by Gasteiger charge is -2.04. The van der Waals surface area contributed by atoms with E-state index in [0.717, 1.165) is 16.5 Å². The lowest BCUT2D eigenvalue weighted by Crippen LogP contribution is -2.01. The molecule has 0 saturated heterocycles. The quantitative estimate of drug-likeness (QED) is 0.778. The normalized spacial score (nSPS) is 12.9. The Balaban J connectivity index is 2.00. The second kappa shape index (κ2) is 4.85. The Morgan fingerprint density at radius 2 is 2.26 bits per heavy atom. The van der Waals surface area contributed by atoms with Crippen LogP contribution in [0.25, 0.3) is 22.4 Å². The van der Waals surface area contributed by atoms with Crippen LogP contribution in [0.1, 0.15) is 25.8 Å². The van der Waals surface area contributed by atoms with E-state index in [1.54, 1.807) is 0 Å². The van der Waals surface area contributed by atoms with Crippen LogP contribution in [0.3, 0.4) is 0 Å². The maximum atomic E-state index is 5.46. The largest absolute Gasteiger partial charge is 0.371 e. The summed E-state index contributed by atoms with van der Waals surface area (Å²) < 4.78 is 10.8. The molecule has 1 aromatic carbocycles. The summed E-state index contributed by atoms with van der Waals surface area (Å²) in [7, 11) is 0. The fraction of sp³-hybridized carbons (Fsp3) is 0.286. The average Bonchev–Trinajstić information content (AvgIpc) is 3.07. The van der Waals surface area contributed by atoms with Gasteiger partial charge in [0, 0.05) is 18.2 Å². The van der Waals surface area contributed by atoms with Gasteiger partial charge < -0.3 is 14.2 Å². The average molecular weight is 257 g/mol. The van der Waals surface area contributed by atoms with Crippen LogP contribution in [0, 0.1) is 0 Å². The zero-order valence-corrected chi connectivity index (χ0v) is 10.9. The fourth-order valence-electron chi connectivity index (χ4n) is 2.10. The molecular formula is C14H15N3O2. The molecule has 2 heterocycles. The predicted octanol–water partition coefficient (Wildman–Crippen LogP) is 3.32. The van der Waals surface area contributed by atoms with Crippen molar-refractivity contribution in [3.05, 3.63) is 36.3 Å². The first kappa shape index (κ1) is 11.9. The van der Waals surface area contributed by atoms with Gasteiger partial charge in [-0.1, -0.05) is 17.3 Å². The number of aromatic nitrogens is 3.